The number of aromatic nitrogens is 3. The van der Waals surface area contributed by atoms with Gasteiger partial charge in [-0.2, -0.15) is 0 Å². The van der Waals surface area contributed by atoms with Gasteiger partial charge >= 0.3 is 0 Å². The largest absolute Gasteiger partial charge is 0.368 e. The topological polar surface area (TPSA) is 59.8 Å². The van der Waals surface area contributed by atoms with Crippen LogP contribution in [0.5, 0.6) is 0 Å². The van der Waals surface area contributed by atoms with Crippen molar-refractivity contribution in [2.75, 3.05) is 11.9 Å². The molecule has 0 bridgehead atoms. The summed E-state index contributed by atoms with van der Waals surface area (Å²) in [6.45, 7) is 1.64. The number of hydrogen-bond acceptors (Lipinski definition) is 4. The van der Waals surface area contributed by atoms with E-state index < -0.39 is 0 Å². The molecule has 1 aliphatic heterocycles. The molecule has 2 aromatic rings. The van der Waals surface area contributed by atoms with E-state index in [0.29, 0.717) is 16.3 Å². The molecule has 6 heteroatoms. The minimum absolute atomic E-state index is 0.132. The van der Waals surface area contributed by atoms with E-state index in [9.17, 15) is 4.79 Å². The zero-order chi connectivity index (χ0) is 13.2. The van der Waals surface area contributed by atoms with E-state index in [2.05, 4.69) is 15.6 Å². The SMILES string of the molecule is O=C(c1ccc(Cl)cc1)c1nnn2c1NCCCC2. The number of fused-ring (bicyclic) bond motifs is 1. The molecule has 1 aromatic carbocycles. The number of aryl methyl sites for hydroxylation is 1. The lowest BCUT2D eigenvalue weighted by molar-refractivity contribution is 0.103. The Morgan fingerprint density at radius 2 is 2.05 bits per heavy atom. The van der Waals surface area contributed by atoms with Crippen LogP contribution in [0.3, 0.4) is 0 Å². The number of nitrogens with zero attached hydrogens (tertiary/aromatic N) is 3. The second-order valence-corrected chi connectivity index (χ2v) is 4.92. The summed E-state index contributed by atoms with van der Waals surface area (Å²) in [6, 6.07) is 6.80. The van der Waals surface area contributed by atoms with Crippen molar-refractivity contribution in [3.63, 3.8) is 0 Å². The number of anilines is 1. The number of nitrogens with one attached hydrogen (secondary N) is 1. The van der Waals surface area contributed by atoms with E-state index in [1.54, 1.807) is 28.9 Å². The molecule has 0 atom stereocenters. The smallest absolute Gasteiger partial charge is 0.217 e. The maximum Gasteiger partial charge on any atom is 0.217 e. The molecule has 0 fully saturated rings. The second kappa shape index (κ2) is 5.01. The predicted molar refractivity (Wildman–Crippen MR) is 72.6 cm³/mol. The van der Waals surface area contributed by atoms with Crippen LogP contribution in [0.25, 0.3) is 0 Å². The zero-order valence-electron chi connectivity index (χ0n) is 10.3. The number of rotatable bonds is 2. The highest BCUT2D eigenvalue weighted by molar-refractivity contribution is 6.30. The average Bonchev–Trinajstić information content (AvgIpc) is 2.68. The van der Waals surface area contributed by atoms with Gasteiger partial charge in [0.25, 0.3) is 0 Å². The van der Waals surface area contributed by atoms with E-state index in [4.69, 9.17) is 11.6 Å². The molecule has 1 aromatic heterocycles. The summed E-state index contributed by atoms with van der Waals surface area (Å²) in [7, 11) is 0. The first-order valence-electron chi connectivity index (χ1n) is 6.23. The molecule has 5 nitrogen and oxygen atoms in total. The third kappa shape index (κ3) is 2.33. The highest BCUT2D eigenvalue weighted by Gasteiger charge is 2.21. The van der Waals surface area contributed by atoms with Crippen molar-refractivity contribution in [1.29, 1.82) is 0 Å². The number of hydrogen-bond donors (Lipinski definition) is 1. The van der Waals surface area contributed by atoms with Crippen molar-refractivity contribution < 1.29 is 4.79 Å². The third-order valence-corrected chi connectivity index (χ3v) is 3.40. The van der Waals surface area contributed by atoms with Gasteiger partial charge in [0.2, 0.25) is 5.78 Å². The van der Waals surface area contributed by atoms with Gasteiger partial charge in [0.15, 0.2) is 11.5 Å². The van der Waals surface area contributed by atoms with E-state index in [1.165, 1.54) is 0 Å². The molecule has 0 aliphatic carbocycles. The van der Waals surface area contributed by atoms with Crippen molar-refractivity contribution >= 4 is 23.2 Å². The van der Waals surface area contributed by atoms with Crippen molar-refractivity contribution in [3.8, 4) is 0 Å². The van der Waals surface area contributed by atoms with Gasteiger partial charge < -0.3 is 5.32 Å². The fourth-order valence-corrected chi connectivity index (χ4v) is 2.25. The van der Waals surface area contributed by atoms with Crippen LogP contribution >= 0.6 is 11.6 Å². The molecular weight excluding hydrogens is 264 g/mol. The fourth-order valence-electron chi connectivity index (χ4n) is 2.13. The number of ketones is 1. The Bertz CT molecular complexity index is 606. The number of halogens is 1. The summed E-state index contributed by atoms with van der Waals surface area (Å²) in [6.07, 6.45) is 2.11. The normalized spacial score (nSPS) is 14.4. The van der Waals surface area contributed by atoms with Gasteiger partial charge in [0.1, 0.15) is 0 Å². The molecule has 0 unspecified atom stereocenters. The van der Waals surface area contributed by atoms with E-state index >= 15 is 0 Å². The van der Waals surface area contributed by atoms with Crippen LogP contribution in [0, 0.1) is 0 Å². The molecule has 98 valence electrons. The third-order valence-electron chi connectivity index (χ3n) is 3.15. The van der Waals surface area contributed by atoms with Crippen LogP contribution in [0.1, 0.15) is 28.9 Å². The Balaban J connectivity index is 1.96. The molecule has 0 saturated carbocycles. The zero-order valence-corrected chi connectivity index (χ0v) is 11.0. The van der Waals surface area contributed by atoms with Gasteiger partial charge in [-0.1, -0.05) is 16.8 Å². The molecule has 2 heterocycles. The Hall–Kier alpha value is -1.88. The van der Waals surface area contributed by atoms with Crippen LogP contribution in [-0.4, -0.2) is 27.3 Å². The molecule has 1 N–H and O–H groups in total. The summed E-state index contributed by atoms with van der Waals surface area (Å²) >= 11 is 5.82. The van der Waals surface area contributed by atoms with Gasteiger partial charge in [-0.05, 0) is 37.1 Å². The predicted octanol–water partition coefficient (Wildman–Crippen LogP) is 2.37. The quantitative estimate of drug-likeness (QED) is 0.856. The Kier molecular flexibility index (Phi) is 3.21. The highest BCUT2D eigenvalue weighted by Crippen LogP contribution is 2.20. The first-order valence-corrected chi connectivity index (χ1v) is 6.61. The Morgan fingerprint density at radius 3 is 2.84 bits per heavy atom. The van der Waals surface area contributed by atoms with Crippen molar-refractivity contribution in [1.82, 2.24) is 15.0 Å². The fraction of sp³-hybridized carbons (Fsp3) is 0.308. The van der Waals surface area contributed by atoms with Crippen molar-refractivity contribution in [2.45, 2.75) is 19.4 Å². The minimum Gasteiger partial charge on any atom is -0.368 e. The van der Waals surface area contributed by atoms with Crippen LogP contribution in [-0.2, 0) is 6.54 Å². The summed E-state index contributed by atoms with van der Waals surface area (Å²) in [5.41, 5.74) is 0.947. The van der Waals surface area contributed by atoms with Crippen LogP contribution in [0.4, 0.5) is 5.82 Å². The van der Waals surface area contributed by atoms with Gasteiger partial charge in [0.05, 0.1) is 0 Å². The van der Waals surface area contributed by atoms with Crippen molar-refractivity contribution in [3.05, 3.63) is 40.5 Å². The van der Waals surface area contributed by atoms with E-state index in [0.717, 1.165) is 31.7 Å². The van der Waals surface area contributed by atoms with Crippen LogP contribution in [0.2, 0.25) is 5.02 Å². The lowest BCUT2D eigenvalue weighted by Crippen LogP contribution is -2.09. The maximum atomic E-state index is 12.4. The molecular formula is C13H13ClN4O. The molecule has 19 heavy (non-hydrogen) atoms. The second-order valence-electron chi connectivity index (χ2n) is 4.48. The summed E-state index contributed by atoms with van der Waals surface area (Å²) in [5.74, 6) is 0.588. The van der Waals surface area contributed by atoms with Crippen LogP contribution in [0.15, 0.2) is 24.3 Å². The molecule has 0 saturated heterocycles. The van der Waals surface area contributed by atoms with Crippen molar-refractivity contribution in [2.24, 2.45) is 0 Å². The number of carbonyl (C=O) groups is 1. The summed E-state index contributed by atoms with van der Waals surface area (Å²) in [5, 5.41) is 11.9. The average molecular weight is 277 g/mol. The highest BCUT2D eigenvalue weighted by atomic mass is 35.5. The Morgan fingerprint density at radius 1 is 1.26 bits per heavy atom. The Labute approximate surface area is 115 Å². The van der Waals surface area contributed by atoms with Gasteiger partial charge in [0, 0.05) is 23.7 Å². The van der Waals surface area contributed by atoms with E-state index in [-0.39, 0.29) is 5.78 Å². The lowest BCUT2D eigenvalue weighted by Gasteiger charge is -2.04. The molecule has 0 spiro atoms. The first-order chi connectivity index (χ1) is 9.25. The molecule has 0 radical (unpaired) electrons. The van der Waals surface area contributed by atoms with Gasteiger partial charge in [-0.15, -0.1) is 5.10 Å². The summed E-state index contributed by atoms with van der Waals surface area (Å²) < 4.78 is 1.76. The summed E-state index contributed by atoms with van der Waals surface area (Å²) in [4.78, 5) is 12.4. The molecule has 1 aliphatic rings. The van der Waals surface area contributed by atoms with Crippen LogP contribution < -0.4 is 5.32 Å². The monoisotopic (exact) mass is 276 g/mol. The van der Waals surface area contributed by atoms with Gasteiger partial charge in [-0.3, -0.25) is 4.79 Å². The standard InChI is InChI=1S/C13H13ClN4O/c14-10-5-3-9(4-6-10)12(19)11-13-15-7-1-2-8-18(13)17-16-11/h3-6,15H,1-2,7-8H2. The molecule has 0 amide bonds. The lowest BCUT2D eigenvalue weighted by atomic mass is 10.1. The van der Waals surface area contributed by atoms with E-state index in [1.807, 2.05) is 0 Å². The van der Waals surface area contributed by atoms with Gasteiger partial charge in [-0.25, -0.2) is 4.68 Å². The number of benzene rings is 1. The first kappa shape index (κ1) is 12.2. The maximum absolute atomic E-state index is 12.4. The number of carbonyl (C=O) groups excluding carboxylic acids is 1. The molecule has 3 rings (SSSR count). The minimum atomic E-state index is -0.132.